The Balaban J connectivity index is 1.86. The lowest BCUT2D eigenvalue weighted by atomic mass is 10.1. The second-order valence-corrected chi connectivity index (χ2v) is 7.90. The zero-order chi connectivity index (χ0) is 21.6. The lowest BCUT2D eigenvalue weighted by Crippen LogP contribution is -2.12. The minimum atomic E-state index is -4.67. The quantitative estimate of drug-likeness (QED) is 0.379. The molecule has 0 aliphatic rings. The number of thiophene rings is 1. The van der Waals surface area contributed by atoms with Gasteiger partial charge in [0, 0.05) is 21.7 Å². The Hall–Kier alpha value is -3.04. The number of nitrogens with two attached hydrogens (primary N) is 1. The molecule has 0 unspecified atom stereocenters. The minimum absolute atomic E-state index is 0.0123. The second kappa shape index (κ2) is 7.33. The molecule has 0 saturated carbocycles. The van der Waals surface area contributed by atoms with E-state index in [4.69, 9.17) is 21.8 Å². The number of rotatable bonds is 3. The Bertz CT molecular complexity index is 1270. The molecule has 10 heteroatoms. The summed E-state index contributed by atoms with van der Waals surface area (Å²) in [7, 11) is 0. The molecule has 0 bridgehead atoms. The predicted octanol–water partition coefficient (Wildman–Crippen LogP) is 6.37. The van der Waals surface area contributed by atoms with Crippen molar-refractivity contribution in [3.63, 3.8) is 0 Å². The first kappa shape index (κ1) is 20.2. The summed E-state index contributed by atoms with van der Waals surface area (Å²) in [5.74, 6) is -0.380. The summed E-state index contributed by atoms with van der Waals surface area (Å²) >= 11 is 6.76. The lowest BCUT2D eigenvalue weighted by Gasteiger charge is -2.09. The van der Waals surface area contributed by atoms with Crippen LogP contribution in [0, 0.1) is 6.92 Å². The predicted molar refractivity (Wildman–Crippen MR) is 111 cm³/mol. The van der Waals surface area contributed by atoms with Gasteiger partial charge in [0.15, 0.2) is 0 Å². The van der Waals surface area contributed by atoms with Gasteiger partial charge in [-0.3, -0.25) is 4.79 Å². The number of fused-ring (bicyclic) bond motifs is 1. The van der Waals surface area contributed by atoms with Crippen molar-refractivity contribution >= 4 is 50.4 Å². The van der Waals surface area contributed by atoms with E-state index >= 15 is 0 Å². The van der Waals surface area contributed by atoms with Gasteiger partial charge in [0.25, 0.3) is 5.91 Å². The number of furan rings is 1. The van der Waals surface area contributed by atoms with Gasteiger partial charge < -0.3 is 15.5 Å². The van der Waals surface area contributed by atoms with Crippen molar-refractivity contribution in [3.05, 3.63) is 63.8 Å². The molecule has 0 aliphatic carbocycles. The second-order valence-electron chi connectivity index (χ2n) is 6.47. The van der Waals surface area contributed by atoms with Crippen LogP contribution >= 0.6 is 22.9 Å². The number of halogens is 4. The average Bonchev–Trinajstić information content (AvgIpc) is 3.32. The Morgan fingerprint density at radius 2 is 2.03 bits per heavy atom. The van der Waals surface area contributed by atoms with Crippen LogP contribution in [-0.2, 0) is 6.18 Å². The van der Waals surface area contributed by atoms with Crippen LogP contribution in [0.5, 0.6) is 0 Å². The van der Waals surface area contributed by atoms with E-state index in [1.807, 2.05) is 0 Å². The highest BCUT2D eigenvalue weighted by Gasteiger charge is 2.35. The molecule has 0 spiro atoms. The van der Waals surface area contributed by atoms with Crippen LogP contribution in [0.2, 0.25) is 5.02 Å². The fraction of sp³-hybridized carbons (Fsp3) is 0.100. The number of carbonyl (C=O) groups excluding carboxylic acids is 1. The third-order valence-electron chi connectivity index (χ3n) is 4.43. The highest BCUT2D eigenvalue weighted by atomic mass is 35.5. The Kier molecular flexibility index (Phi) is 4.95. The monoisotopic (exact) mass is 451 g/mol. The van der Waals surface area contributed by atoms with Crippen LogP contribution in [0.15, 0.2) is 47.1 Å². The molecule has 1 aromatic carbocycles. The number of aromatic nitrogens is 1. The maximum atomic E-state index is 13.4. The fourth-order valence-corrected chi connectivity index (χ4v) is 4.16. The molecular weight excluding hydrogens is 439 g/mol. The Labute approximate surface area is 177 Å². The Morgan fingerprint density at radius 1 is 1.27 bits per heavy atom. The van der Waals surface area contributed by atoms with E-state index < -0.39 is 17.8 Å². The molecule has 3 heterocycles. The maximum absolute atomic E-state index is 13.4. The summed E-state index contributed by atoms with van der Waals surface area (Å²) in [6.45, 7) is 1.78. The number of hydrogen-bond acceptors (Lipinski definition) is 5. The standard InChI is InChI=1S/C20H13ClF3N3O2S/c1-9-4-5-10(21)7-12(9)26-18(28)17-16(25)15-11(13-3-2-6-29-13)8-14(20(22,23)24)27-19(15)30-17/h2-8H,25H2,1H3,(H,26,28). The molecule has 3 N–H and O–H groups in total. The molecule has 0 atom stereocenters. The minimum Gasteiger partial charge on any atom is -0.464 e. The number of hydrogen-bond donors (Lipinski definition) is 2. The first-order valence-corrected chi connectivity index (χ1v) is 9.76. The van der Waals surface area contributed by atoms with Crippen LogP contribution in [0.4, 0.5) is 24.5 Å². The van der Waals surface area contributed by atoms with E-state index in [2.05, 4.69) is 10.3 Å². The van der Waals surface area contributed by atoms with Gasteiger partial charge in [-0.15, -0.1) is 11.3 Å². The SMILES string of the molecule is Cc1ccc(Cl)cc1NC(=O)c1sc2nc(C(F)(F)F)cc(-c3ccco3)c2c1N. The summed E-state index contributed by atoms with van der Waals surface area (Å²) in [4.78, 5) is 16.6. The highest BCUT2D eigenvalue weighted by molar-refractivity contribution is 7.21. The van der Waals surface area contributed by atoms with Crippen molar-refractivity contribution in [3.8, 4) is 11.3 Å². The number of pyridine rings is 1. The zero-order valence-corrected chi connectivity index (χ0v) is 16.9. The van der Waals surface area contributed by atoms with E-state index in [9.17, 15) is 18.0 Å². The third-order valence-corrected chi connectivity index (χ3v) is 5.76. The molecule has 0 radical (unpaired) electrons. The van der Waals surface area contributed by atoms with Gasteiger partial charge in [0.2, 0.25) is 0 Å². The van der Waals surface area contributed by atoms with Gasteiger partial charge in [0.1, 0.15) is 21.2 Å². The number of carbonyl (C=O) groups is 1. The summed E-state index contributed by atoms with van der Waals surface area (Å²) in [5, 5.41) is 3.36. The van der Waals surface area contributed by atoms with Crippen LogP contribution in [-0.4, -0.2) is 10.9 Å². The van der Waals surface area contributed by atoms with Crippen LogP contribution in [0.25, 0.3) is 21.5 Å². The number of amides is 1. The molecule has 154 valence electrons. The smallest absolute Gasteiger partial charge is 0.433 e. The summed E-state index contributed by atoms with van der Waals surface area (Å²) in [6.07, 6.45) is -3.33. The maximum Gasteiger partial charge on any atom is 0.433 e. The third kappa shape index (κ3) is 3.61. The van der Waals surface area contributed by atoms with Gasteiger partial charge in [-0.1, -0.05) is 17.7 Å². The van der Waals surface area contributed by atoms with Gasteiger partial charge in [-0.05, 0) is 42.8 Å². The fourth-order valence-electron chi connectivity index (χ4n) is 2.97. The molecule has 0 saturated heterocycles. The number of nitrogens with zero attached hydrogens (tertiary/aromatic N) is 1. The molecule has 0 aliphatic heterocycles. The van der Waals surface area contributed by atoms with Crippen molar-refractivity contribution < 1.29 is 22.4 Å². The normalized spacial score (nSPS) is 11.8. The lowest BCUT2D eigenvalue weighted by molar-refractivity contribution is -0.140. The summed E-state index contributed by atoms with van der Waals surface area (Å²) < 4.78 is 45.4. The van der Waals surface area contributed by atoms with E-state index in [1.54, 1.807) is 31.2 Å². The molecule has 1 amide bonds. The van der Waals surface area contributed by atoms with Crippen LogP contribution in [0.1, 0.15) is 20.9 Å². The largest absolute Gasteiger partial charge is 0.464 e. The molecule has 4 aromatic rings. The summed E-state index contributed by atoms with van der Waals surface area (Å²) in [5.41, 5.74) is 6.47. The van der Waals surface area contributed by atoms with Crippen molar-refractivity contribution in [1.82, 2.24) is 4.98 Å². The first-order chi connectivity index (χ1) is 14.1. The van der Waals surface area contributed by atoms with Crippen molar-refractivity contribution in [1.29, 1.82) is 0 Å². The first-order valence-electron chi connectivity index (χ1n) is 8.56. The average molecular weight is 452 g/mol. The van der Waals surface area contributed by atoms with E-state index in [-0.39, 0.29) is 32.1 Å². The van der Waals surface area contributed by atoms with E-state index in [0.717, 1.165) is 23.0 Å². The van der Waals surface area contributed by atoms with Gasteiger partial charge in [0.05, 0.1) is 12.0 Å². The molecule has 4 rings (SSSR count). The summed E-state index contributed by atoms with van der Waals surface area (Å²) in [6, 6.07) is 8.92. The molecular formula is C20H13ClF3N3O2S. The van der Waals surface area contributed by atoms with E-state index in [1.165, 1.54) is 12.3 Å². The molecule has 0 fully saturated rings. The van der Waals surface area contributed by atoms with Crippen LogP contribution in [0.3, 0.4) is 0 Å². The zero-order valence-electron chi connectivity index (χ0n) is 15.3. The van der Waals surface area contributed by atoms with Crippen molar-refractivity contribution in [2.75, 3.05) is 11.1 Å². The van der Waals surface area contributed by atoms with Crippen LogP contribution < -0.4 is 11.1 Å². The molecule has 5 nitrogen and oxygen atoms in total. The highest BCUT2D eigenvalue weighted by Crippen LogP contribution is 2.42. The number of nitrogen functional groups attached to an aromatic ring is 1. The molecule has 3 aromatic heterocycles. The number of benzene rings is 1. The van der Waals surface area contributed by atoms with Gasteiger partial charge >= 0.3 is 6.18 Å². The van der Waals surface area contributed by atoms with Crippen molar-refractivity contribution in [2.45, 2.75) is 13.1 Å². The number of aryl methyl sites for hydroxylation is 1. The van der Waals surface area contributed by atoms with Crippen molar-refractivity contribution in [2.24, 2.45) is 0 Å². The Morgan fingerprint density at radius 3 is 2.70 bits per heavy atom. The van der Waals surface area contributed by atoms with Gasteiger partial charge in [-0.2, -0.15) is 13.2 Å². The number of nitrogens with one attached hydrogen (secondary N) is 1. The molecule has 30 heavy (non-hydrogen) atoms. The van der Waals surface area contributed by atoms with Gasteiger partial charge in [-0.25, -0.2) is 4.98 Å². The topological polar surface area (TPSA) is 81.2 Å². The number of alkyl halides is 3. The van der Waals surface area contributed by atoms with E-state index in [0.29, 0.717) is 10.7 Å². The number of anilines is 2.